The van der Waals surface area contributed by atoms with Gasteiger partial charge < -0.3 is 20.5 Å². The van der Waals surface area contributed by atoms with Gasteiger partial charge in [0.15, 0.2) is 0 Å². The Labute approximate surface area is 141 Å². The van der Waals surface area contributed by atoms with Gasteiger partial charge in [-0.2, -0.15) is 0 Å². The summed E-state index contributed by atoms with van der Waals surface area (Å²) in [7, 11) is 0. The lowest BCUT2D eigenvalue weighted by molar-refractivity contribution is 0.0944. The first-order valence-corrected chi connectivity index (χ1v) is 8.16. The standard InChI is InChI=1S/C19H22N2O3/c1-13-16(19(23)20-8-9-22)3-2-4-17(13)21-12-14-5-6-18-15(11-14)7-10-24-18/h2-6,11,21-22H,7-10,12H2,1H3,(H,20,23). The van der Waals surface area contributed by atoms with Crippen LogP contribution < -0.4 is 15.4 Å². The lowest BCUT2D eigenvalue weighted by Crippen LogP contribution is -2.27. The molecule has 1 aliphatic heterocycles. The molecule has 0 bridgehead atoms. The molecule has 3 rings (SSSR count). The molecule has 0 aromatic heterocycles. The number of amides is 1. The zero-order valence-electron chi connectivity index (χ0n) is 13.8. The molecule has 1 amide bonds. The van der Waals surface area contributed by atoms with Crippen molar-refractivity contribution in [2.75, 3.05) is 25.1 Å². The van der Waals surface area contributed by atoms with E-state index >= 15 is 0 Å². The van der Waals surface area contributed by atoms with Crippen molar-refractivity contribution in [1.82, 2.24) is 5.32 Å². The molecule has 0 aliphatic carbocycles. The Morgan fingerprint density at radius 1 is 1.29 bits per heavy atom. The van der Waals surface area contributed by atoms with E-state index in [1.807, 2.05) is 25.1 Å². The van der Waals surface area contributed by atoms with Gasteiger partial charge in [0.1, 0.15) is 5.75 Å². The van der Waals surface area contributed by atoms with Gasteiger partial charge in [0.25, 0.3) is 5.91 Å². The molecule has 0 fully saturated rings. The van der Waals surface area contributed by atoms with Crippen LogP contribution in [0.2, 0.25) is 0 Å². The maximum atomic E-state index is 12.1. The first kappa shape index (κ1) is 16.3. The average Bonchev–Trinajstić information content (AvgIpc) is 3.06. The second-order valence-corrected chi connectivity index (χ2v) is 5.85. The number of benzene rings is 2. The van der Waals surface area contributed by atoms with Crippen LogP contribution in [0.15, 0.2) is 36.4 Å². The van der Waals surface area contributed by atoms with Crippen molar-refractivity contribution in [2.24, 2.45) is 0 Å². The number of hydrogen-bond acceptors (Lipinski definition) is 4. The number of rotatable bonds is 6. The number of aliphatic hydroxyl groups is 1. The van der Waals surface area contributed by atoms with E-state index in [4.69, 9.17) is 9.84 Å². The van der Waals surface area contributed by atoms with Crippen LogP contribution in [-0.2, 0) is 13.0 Å². The van der Waals surface area contributed by atoms with Crippen LogP contribution in [0, 0.1) is 6.92 Å². The molecule has 126 valence electrons. The molecule has 1 heterocycles. The summed E-state index contributed by atoms with van der Waals surface area (Å²) in [6.07, 6.45) is 0.961. The molecule has 0 saturated carbocycles. The Morgan fingerprint density at radius 3 is 3.00 bits per heavy atom. The second kappa shape index (κ2) is 7.36. The number of fused-ring (bicyclic) bond motifs is 1. The largest absolute Gasteiger partial charge is 0.493 e. The maximum absolute atomic E-state index is 12.1. The summed E-state index contributed by atoms with van der Waals surface area (Å²) >= 11 is 0. The minimum absolute atomic E-state index is 0.0647. The third-order valence-electron chi connectivity index (χ3n) is 4.21. The van der Waals surface area contributed by atoms with Crippen molar-refractivity contribution in [3.63, 3.8) is 0 Å². The molecule has 0 saturated heterocycles. The van der Waals surface area contributed by atoms with E-state index in [9.17, 15) is 4.79 Å². The van der Waals surface area contributed by atoms with Crippen molar-refractivity contribution in [3.05, 3.63) is 58.7 Å². The predicted octanol–water partition coefficient (Wildman–Crippen LogP) is 2.26. The molecule has 3 N–H and O–H groups in total. The molecule has 24 heavy (non-hydrogen) atoms. The number of hydrogen-bond donors (Lipinski definition) is 3. The number of nitrogens with one attached hydrogen (secondary N) is 2. The van der Waals surface area contributed by atoms with Crippen LogP contribution in [-0.4, -0.2) is 30.8 Å². The smallest absolute Gasteiger partial charge is 0.251 e. The Balaban J connectivity index is 1.70. The maximum Gasteiger partial charge on any atom is 0.251 e. The topological polar surface area (TPSA) is 70.6 Å². The second-order valence-electron chi connectivity index (χ2n) is 5.85. The van der Waals surface area contributed by atoms with E-state index in [0.29, 0.717) is 12.1 Å². The minimum atomic E-state index is -0.167. The Morgan fingerprint density at radius 2 is 2.17 bits per heavy atom. The van der Waals surface area contributed by atoms with Crippen LogP contribution in [0.25, 0.3) is 0 Å². The third-order valence-corrected chi connectivity index (χ3v) is 4.21. The number of carbonyl (C=O) groups is 1. The van der Waals surface area contributed by atoms with Crippen molar-refractivity contribution < 1.29 is 14.6 Å². The van der Waals surface area contributed by atoms with Gasteiger partial charge in [-0.05, 0) is 41.8 Å². The number of ether oxygens (including phenoxy) is 1. The van der Waals surface area contributed by atoms with Crippen LogP contribution in [0.4, 0.5) is 5.69 Å². The molecular formula is C19H22N2O3. The van der Waals surface area contributed by atoms with Gasteiger partial charge in [-0.1, -0.05) is 18.2 Å². The summed E-state index contributed by atoms with van der Waals surface area (Å²) < 4.78 is 5.53. The Kier molecular flexibility index (Phi) is 5.01. The van der Waals surface area contributed by atoms with E-state index < -0.39 is 0 Å². The van der Waals surface area contributed by atoms with Gasteiger partial charge in [0.2, 0.25) is 0 Å². The Hall–Kier alpha value is -2.53. The normalized spacial score (nSPS) is 12.4. The highest BCUT2D eigenvalue weighted by Crippen LogP contribution is 2.26. The van der Waals surface area contributed by atoms with Crippen LogP contribution in [0.5, 0.6) is 5.75 Å². The third kappa shape index (κ3) is 3.51. The van der Waals surface area contributed by atoms with Crippen LogP contribution in [0.3, 0.4) is 0 Å². The first-order chi connectivity index (χ1) is 11.7. The molecule has 0 spiro atoms. The molecule has 5 nitrogen and oxygen atoms in total. The highest BCUT2D eigenvalue weighted by atomic mass is 16.5. The predicted molar refractivity (Wildman–Crippen MR) is 93.6 cm³/mol. The van der Waals surface area contributed by atoms with Crippen LogP contribution >= 0.6 is 0 Å². The number of anilines is 1. The molecule has 1 aliphatic rings. The van der Waals surface area contributed by atoms with Crippen molar-refractivity contribution >= 4 is 11.6 Å². The van der Waals surface area contributed by atoms with Gasteiger partial charge >= 0.3 is 0 Å². The summed E-state index contributed by atoms with van der Waals surface area (Å²) in [6.45, 7) is 3.57. The van der Waals surface area contributed by atoms with Crippen molar-refractivity contribution in [3.8, 4) is 5.75 Å². The Bertz CT molecular complexity index is 743. The van der Waals surface area contributed by atoms with Gasteiger partial charge in [-0.15, -0.1) is 0 Å². The summed E-state index contributed by atoms with van der Waals surface area (Å²) in [5.41, 5.74) is 4.90. The van der Waals surface area contributed by atoms with E-state index in [1.165, 1.54) is 11.1 Å². The van der Waals surface area contributed by atoms with Crippen molar-refractivity contribution in [2.45, 2.75) is 19.9 Å². The summed E-state index contributed by atoms with van der Waals surface area (Å²) in [4.78, 5) is 12.1. The molecular weight excluding hydrogens is 304 g/mol. The molecule has 2 aromatic rings. The fourth-order valence-corrected chi connectivity index (χ4v) is 2.88. The van der Waals surface area contributed by atoms with Crippen molar-refractivity contribution in [1.29, 1.82) is 0 Å². The summed E-state index contributed by atoms with van der Waals surface area (Å²) in [5, 5.41) is 14.9. The van der Waals surface area contributed by atoms with E-state index in [2.05, 4.69) is 22.8 Å². The van der Waals surface area contributed by atoms with Gasteiger partial charge in [-0.3, -0.25) is 4.79 Å². The first-order valence-electron chi connectivity index (χ1n) is 8.16. The highest BCUT2D eigenvalue weighted by molar-refractivity contribution is 5.97. The lowest BCUT2D eigenvalue weighted by Gasteiger charge is -2.14. The van der Waals surface area contributed by atoms with Gasteiger partial charge in [0, 0.05) is 30.8 Å². The van der Waals surface area contributed by atoms with E-state index in [1.54, 1.807) is 6.07 Å². The van der Waals surface area contributed by atoms with Gasteiger partial charge in [-0.25, -0.2) is 0 Å². The zero-order chi connectivity index (χ0) is 16.9. The lowest BCUT2D eigenvalue weighted by atomic mass is 10.0. The average molecular weight is 326 g/mol. The van der Waals surface area contributed by atoms with E-state index in [0.717, 1.165) is 30.0 Å². The van der Waals surface area contributed by atoms with E-state index in [-0.39, 0.29) is 19.1 Å². The summed E-state index contributed by atoms with van der Waals surface area (Å²) in [5.74, 6) is 0.817. The highest BCUT2D eigenvalue weighted by Gasteiger charge is 2.13. The molecule has 0 atom stereocenters. The number of aliphatic hydroxyl groups excluding tert-OH is 1. The summed E-state index contributed by atoms with van der Waals surface area (Å²) in [6, 6.07) is 11.9. The fourth-order valence-electron chi connectivity index (χ4n) is 2.88. The quantitative estimate of drug-likeness (QED) is 0.761. The number of carbonyl (C=O) groups excluding carboxylic acids is 1. The molecule has 2 aromatic carbocycles. The zero-order valence-corrected chi connectivity index (χ0v) is 13.8. The minimum Gasteiger partial charge on any atom is -0.493 e. The monoisotopic (exact) mass is 326 g/mol. The SMILES string of the molecule is Cc1c(NCc2ccc3c(c2)CCO3)cccc1C(=O)NCCO. The molecule has 5 heteroatoms. The fraction of sp³-hybridized carbons (Fsp3) is 0.316. The molecule has 0 radical (unpaired) electrons. The van der Waals surface area contributed by atoms with Gasteiger partial charge in [0.05, 0.1) is 13.2 Å². The van der Waals surface area contributed by atoms with Crippen LogP contribution in [0.1, 0.15) is 27.0 Å². The molecule has 0 unspecified atom stereocenters.